The van der Waals surface area contributed by atoms with Crippen molar-refractivity contribution in [3.8, 4) is 11.1 Å². The summed E-state index contributed by atoms with van der Waals surface area (Å²) >= 11 is 6.28. The number of aromatic nitrogens is 5. The van der Waals surface area contributed by atoms with Crippen LogP contribution in [0.15, 0.2) is 48.7 Å². The van der Waals surface area contributed by atoms with Gasteiger partial charge in [-0.3, -0.25) is 9.78 Å². The van der Waals surface area contributed by atoms with Gasteiger partial charge in [-0.05, 0) is 31.1 Å². The molecule has 0 spiro atoms. The Labute approximate surface area is 205 Å². The minimum atomic E-state index is -3.08. The molecule has 2 aliphatic rings. The summed E-state index contributed by atoms with van der Waals surface area (Å²) in [5, 5.41) is 14.3. The van der Waals surface area contributed by atoms with Crippen molar-refractivity contribution < 1.29 is 18.3 Å². The second-order valence-electron chi connectivity index (χ2n) is 9.41. The molecule has 182 valence electrons. The van der Waals surface area contributed by atoms with Gasteiger partial charge in [-0.15, -0.1) is 10.2 Å². The van der Waals surface area contributed by atoms with Crippen LogP contribution in [-0.2, 0) is 16.0 Å². The van der Waals surface area contributed by atoms with Crippen molar-refractivity contribution in [3.63, 3.8) is 0 Å². The topological polar surface area (TPSA) is 93.7 Å². The highest BCUT2D eigenvalue weighted by atomic mass is 35.5. The molecule has 1 saturated carbocycles. The van der Waals surface area contributed by atoms with Gasteiger partial charge in [0, 0.05) is 47.0 Å². The molecule has 10 heteroatoms. The van der Waals surface area contributed by atoms with Crippen molar-refractivity contribution in [1.29, 1.82) is 0 Å². The zero-order valence-electron chi connectivity index (χ0n) is 19.2. The largest absolute Gasteiger partial charge is 0.462 e. The number of carbonyl (C=O) groups excluding carboxylic acids is 1. The minimum Gasteiger partial charge on any atom is -0.462 e. The third kappa shape index (κ3) is 4.11. The summed E-state index contributed by atoms with van der Waals surface area (Å²) in [4.78, 5) is 17.5. The number of ether oxygens (including phenoxy) is 1. The number of cyclic esters (lactones) is 1. The Kier molecular flexibility index (Phi) is 5.91. The van der Waals surface area contributed by atoms with Crippen molar-refractivity contribution in [3.05, 3.63) is 65.2 Å². The fourth-order valence-electron chi connectivity index (χ4n) is 5.64. The van der Waals surface area contributed by atoms with Crippen LogP contribution < -0.4 is 0 Å². The number of nitrogens with one attached hydrogen (secondary N) is 1. The third-order valence-electron chi connectivity index (χ3n) is 7.38. The number of allylic oxidation sites excluding steroid dienone is 1. The lowest BCUT2D eigenvalue weighted by molar-refractivity contribution is -0.171. The molecule has 1 aliphatic heterocycles. The first kappa shape index (κ1) is 23.5. The molecule has 0 radical (unpaired) electrons. The van der Waals surface area contributed by atoms with Gasteiger partial charge in [0.15, 0.2) is 5.82 Å². The first-order valence-corrected chi connectivity index (χ1v) is 11.8. The van der Waals surface area contributed by atoms with E-state index in [1.165, 1.54) is 6.92 Å². The number of fused-ring (bicyclic) bond motifs is 1. The summed E-state index contributed by atoms with van der Waals surface area (Å²) in [5.41, 5.74) is 0.895. The summed E-state index contributed by atoms with van der Waals surface area (Å²) < 4.78 is 36.2. The third-order valence-corrected chi connectivity index (χ3v) is 7.71. The number of carbonyl (C=O) groups is 1. The molecule has 5 rings (SSSR count). The number of nitrogens with zero attached hydrogens (tertiary/aromatic N) is 4. The molecule has 2 fully saturated rings. The number of pyridine rings is 1. The van der Waals surface area contributed by atoms with E-state index in [0.29, 0.717) is 10.7 Å². The molecule has 2 aromatic heterocycles. The standard InChI is InChI=1S/C25H24ClF2N5O2/c1-14-18(10-9-17-8-7-16(12-29-17)19-5-3-4-6-20(19)26)22-15(2)35-23(34)24(22,13-25(14,27)28)11-21-30-32-33-31-21/h3-10,12,14-15,18,22H,11,13H2,1-2H3,(H,30,31,32,33)/b10-9+/t14-,15+,18-,22-,24+/m0/s1. The summed E-state index contributed by atoms with van der Waals surface area (Å²) in [5.74, 6) is -5.60. The molecule has 1 aliphatic carbocycles. The maximum absolute atomic E-state index is 15.3. The van der Waals surface area contributed by atoms with Crippen LogP contribution in [-0.4, -0.2) is 43.6 Å². The lowest BCUT2D eigenvalue weighted by atomic mass is 9.55. The number of hydrogen-bond donors (Lipinski definition) is 1. The van der Waals surface area contributed by atoms with Crippen LogP contribution in [0.2, 0.25) is 5.02 Å². The van der Waals surface area contributed by atoms with Crippen LogP contribution in [0.25, 0.3) is 17.2 Å². The fourth-order valence-corrected chi connectivity index (χ4v) is 5.88. The number of aromatic amines is 1. The first-order valence-electron chi connectivity index (χ1n) is 11.4. The Morgan fingerprint density at radius 2 is 2.03 bits per heavy atom. The number of esters is 1. The molecular formula is C25H24ClF2N5O2. The molecule has 5 atom stereocenters. The second-order valence-corrected chi connectivity index (χ2v) is 9.82. The van der Waals surface area contributed by atoms with Gasteiger partial charge in [0.2, 0.25) is 0 Å². The number of hydrogen-bond acceptors (Lipinski definition) is 6. The molecule has 0 amide bonds. The Balaban J connectivity index is 1.47. The Morgan fingerprint density at radius 3 is 2.71 bits per heavy atom. The molecule has 35 heavy (non-hydrogen) atoms. The minimum absolute atomic E-state index is 0.0607. The lowest BCUT2D eigenvalue weighted by Crippen LogP contribution is -2.54. The van der Waals surface area contributed by atoms with Gasteiger partial charge in [0.05, 0.1) is 11.1 Å². The predicted molar refractivity (Wildman–Crippen MR) is 125 cm³/mol. The maximum Gasteiger partial charge on any atom is 0.313 e. The Bertz CT molecular complexity index is 1250. The molecule has 0 unspecified atom stereocenters. The number of alkyl halides is 2. The van der Waals surface area contributed by atoms with E-state index < -0.39 is 47.6 Å². The SMILES string of the molecule is C[C@H]1OC(=O)[C@]2(Cc3nn[nH]n3)CC(F)(F)[C@@H](C)[C@H](/C=C/c3ccc(-c4ccccc4Cl)cn3)[C@H]12. The Morgan fingerprint density at radius 1 is 1.23 bits per heavy atom. The lowest BCUT2D eigenvalue weighted by Gasteiger charge is -2.47. The van der Waals surface area contributed by atoms with Gasteiger partial charge >= 0.3 is 5.97 Å². The van der Waals surface area contributed by atoms with E-state index in [4.69, 9.17) is 16.3 Å². The normalized spacial score (nSPS) is 29.8. The van der Waals surface area contributed by atoms with E-state index in [9.17, 15) is 4.79 Å². The summed E-state index contributed by atoms with van der Waals surface area (Å²) in [7, 11) is 0. The highest BCUT2D eigenvalue weighted by Gasteiger charge is 2.68. The van der Waals surface area contributed by atoms with Gasteiger partial charge in [-0.2, -0.15) is 5.21 Å². The van der Waals surface area contributed by atoms with Crippen molar-refractivity contribution in [2.75, 3.05) is 0 Å². The van der Waals surface area contributed by atoms with Crippen LogP contribution in [0.3, 0.4) is 0 Å². The van der Waals surface area contributed by atoms with Crippen LogP contribution in [0.5, 0.6) is 0 Å². The highest BCUT2D eigenvalue weighted by molar-refractivity contribution is 6.33. The zero-order valence-corrected chi connectivity index (χ0v) is 19.9. The smallest absolute Gasteiger partial charge is 0.313 e. The fraction of sp³-hybridized carbons (Fsp3) is 0.400. The number of halogens is 3. The van der Waals surface area contributed by atoms with E-state index in [2.05, 4.69) is 25.6 Å². The average Bonchev–Trinajstić information content (AvgIpc) is 3.41. The van der Waals surface area contributed by atoms with Crippen molar-refractivity contribution in [2.24, 2.45) is 23.2 Å². The van der Waals surface area contributed by atoms with Crippen LogP contribution in [0, 0.1) is 23.2 Å². The number of rotatable bonds is 5. The van der Waals surface area contributed by atoms with E-state index in [1.807, 2.05) is 36.4 Å². The van der Waals surface area contributed by atoms with Crippen LogP contribution >= 0.6 is 11.6 Å². The van der Waals surface area contributed by atoms with E-state index in [1.54, 1.807) is 25.3 Å². The maximum atomic E-state index is 15.3. The molecule has 7 nitrogen and oxygen atoms in total. The van der Waals surface area contributed by atoms with Crippen LogP contribution in [0.4, 0.5) is 8.78 Å². The van der Waals surface area contributed by atoms with E-state index in [-0.39, 0.29) is 12.2 Å². The van der Waals surface area contributed by atoms with Crippen molar-refractivity contribution >= 4 is 23.6 Å². The van der Waals surface area contributed by atoms with E-state index >= 15 is 8.78 Å². The highest BCUT2D eigenvalue weighted by Crippen LogP contribution is 2.60. The number of H-pyrrole nitrogens is 1. The molecule has 1 aromatic carbocycles. The Hall–Kier alpha value is -3.20. The van der Waals surface area contributed by atoms with Gasteiger partial charge in [-0.1, -0.05) is 54.1 Å². The van der Waals surface area contributed by atoms with Crippen molar-refractivity contribution in [2.45, 2.75) is 38.7 Å². The first-order chi connectivity index (χ1) is 16.7. The predicted octanol–water partition coefficient (Wildman–Crippen LogP) is 5.01. The van der Waals surface area contributed by atoms with Gasteiger partial charge in [0.25, 0.3) is 5.92 Å². The summed E-state index contributed by atoms with van der Waals surface area (Å²) in [6, 6.07) is 11.2. The molecular weight excluding hydrogens is 476 g/mol. The van der Waals surface area contributed by atoms with E-state index in [0.717, 1.165) is 11.1 Å². The number of benzene rings is 1. The number of tetrazole rings is 1. The molecule has 1 saturated heterocycles. The molecule has 3 aromatic rings. The summed E-state index contributed by atoms with van der Waals surface area (Å²) in [6.07, 6.45) is 3.97. The second kappa shape index (κ2) is 8.78. The summed E-state index contributed by atoms with van der Waals surface area (Å²) in [6.45, 7) is 3.28. The monoisotopic (exact) mass is 499 g/mol. The zero-order chi connectivity index (χ0) is 24.8. The van der Waals surface area contributed by atoms with Crippen LogP contribution in [0.1, 0.15) is 31.8 Å². The van der Waals surface area contributed by atoms with Gasteiger partial charge in [0.1, 0.15) is 6.10 Å². The van der Waals surface area contributed by atoms with Gasteiger partial charge in [-0.25, -0.2) is 8.78 Å². The average molecular weight is 500 g/mol. The van der Waals surface area contributed by atoms with Crippen molar-refractivity contribution in [1.82, 2.24) is 25.6 Å². The van der Waals surface area contributed by atoms with Gasteiger partial charge < -0.3 is 4.74 Å². The quantitative estimate of drug-likeness (QED) is 0.496. The molecule has 1 N–H and O–H groups in total. The molecule has 0 bridgehead atoms. The molecule has 3 heterocycles.